The van der Waals surface area contributed by atoms with Crippen LogP contribution in [0, 0.1) is 6.92 Å². The minimum atomic E-state index is -3.21. The first-order valence-electron chi connectivity index (χ1n) is 7.64. The average Bonchev–Trinajstić information content (AvgIpc) is 2.54. The molecule has 0 spiro atoms. The van der Waals surface area contributed by atoms with Gasteiger partial charge in [0.1, 0.15) is 0 Å². The number of esters is 1. The maximum absolute atomic E-state index is 12.1. The molecule has 0 saturated heterocycles. The number of carbonyl (C=O) groups excluding carboxylic acids is 2. The van der Waals surface area contributed by atoms with Crippen molar-refractivity contribution in [2.75, 3.05) is 18.2 Å². The van der Waals surface area contributed by atoms with Gasteiger partial charge in [0.2, 0.25) is 0 Å². The molecule has 0 atom stereocenters. The van der Waals surface area contributed by atoms with E-state index in [-0.39, 0.29) is 11.3 Å². The Morgan fingerprint density at radius 2 is 1.88 bits per heavy atom. The van der Waals surface area contributed by atoms with Crippen molar-refractivity contribution in [3.63, 3.8) is 0 Å². The first kappa shape index (κ1) is 19.9. The first-order valence-corrected chi connectivity index (χ1v) is 10.1. The summed E-state index contributed by atoms with van der Waals surface area (Å²) in [5.41, 5.74) is 2.01. The Morgan fingerprint density at radius 1 is 1.15 bits per heavy atom. The Bertz CT molecular complexity index is 940. The molecule has 0 fully saturated rings. The zero-order valence-corrected chi connectivity index (χ0v) is 15.9. The molecule has 6 nitrogen and oxygen atoms in total. The van der Waals surface area contributed by atoms with E-state index in [9.17, 15) is 18.0 Å². The fourth-order valence-electron chi connectivity index (χ4n) is 2.26. The van der Waals surface area contributed by atoms with Gasteiger partial charge in [-0.2, -0.15) is 0 Å². The molecule has 0 aliphatic carbocycles. The second-order valence-corrected chi connectivity index (χ2v) is 8.43. The first-order chi connectivity index (χ1) is 12.1. The third kappa shape index (κ3) is 6.16. The molecule has 0 bridgehead atoms. The van der Waals surface area contributed by atoms with Crippen molar-refractivity contribution in [3.8, 4) is 0 Å². The third-order valence-electron chi connectivity index (χ3n) is 3.39. The van der Waals surface area contributed by atoms with E-state index in [0.717, 1.165) is 11.8 Å². The molecule has 8 heteroatoms. The summed E-state index contributed by atoms with van der Waals surface area (Å²) in [5.74, 6) is -1.37. The van der Waals surface area contributed by atoms with Crippen LogP contribution >= 0.6 is 11.6 Å². The quantitative estimate of drug-likeness (QED) is 0.759. The van der Waals surface area contributed by atoms with Crippen LogP contribution in [-0.2, 0) is 25.1 Å². The van der Waals surface area contributed by atoms with E-state index in [1.165, 1.54) is 12.1 Å². The summed E-state index contributed by atoms with van der Waals surface area (Å²) in [6, 6.07) is 11.1. The number of benzene rings is 2. The average molecular weight is 396 g/mol. The van der Waals surface area contributed by atoms with E-state index in [0.29, 0.717) is 16.3 Å². The van der Waals surface area contributed by atoms with Crippen molar-refractivity contribution < 1.29 is 22.7 Å². The number of halogens is 1. The van der Waals surface area contributed by atoms with E-state index < -0.39 is 28.3 Å². The topological polar surface area (TPSA) is 89.5 Å². The standard InChI is InChI=1S/C18H18ClNO5S/c1-12-8-15(19)6-7-16(12)20-17(21)10-25-18(22)14-5-3-4-13(9-14)11-26(2,23)24/h3-9H,10-11H2,1-2H3,(H,20,21). The van der Waals surface area contributed by atoms with Gasteiger partial charge in [0, 0.05) is 17.0 Å². The Labute approximate surface area is 157 Å². The number of sulfone groups is 1. The lowest BCUT2D eigenvalue weighted by Crippen LogP contribution is -2.21. The summed E-state index contributed by atoms with van der Waals surface area (Å²) in [5, 5.41) is 3.19. The van der Waals surface area contributed by atoms with Crippen LogP contribution in [0.2, 0.25) is 5.02 Å². The van der Waals surface area contributed by atoms with Gasteiger partial charge in [0.15, 0.2) is 16.4 Å². The number of hydrogen-bond donors (Lipinski definition) is 1. The van der Waals surface area contributed by atoms with Crippen LogP contribution in [0.25, 0.3) is 0 Å². The van der Waals surface area contributed by atoms with Gasteiger partial charge in [-0.15, -0.1) is 0 Å². The largest absolute Gasteiger partial charge is 0.452 e. The number of aryl methyl sites for hydroxylation is 1. The molecule has 2 aromatic carbocycles. The van der Waals surface area contributed by atoms with Crippen LogP contribution in [0.4, 0.5) is 5.69 Å². The van der Waals surface area contributed by atoms with Gasteiger partial charge < -0.3 is 10.1 Å². The zero-order valence-electron chi connectivity index (χ0n) is 14.3. The Morgan fingerprint density at radius 3 is 2.54 bits per heavy atom. The smallest absolute Gasteiger partial charge is 0.338 e. The van der Waals surface area contributed by atoms with Crippen molar-refractivity contribution in [1.82, 2.24) is 0 Å². The van der Waals surface area contributed by atoms with Crippen molar-refractivity contribution in [3.05, 3.63) is 64.2 Å². The number of carbonyl (C=O) groups is 2. The van der Waals surface area contributed by atoms with Gasteiger partial charge in [0.25, 0.3) is 5.91 Å². The molecule has 0 aromatic heterocycles. The van der Waals surface area contributed by atoms with Gasteiger partial charge in [-0.1, -0.05) is 23.7 Å². The summed E-state index contributed by atoms with van der Waals surface area (Å²) in [4.78, 5) is 24.0. The minimum Gasteiger partial charge on any atom is -0.452 e. The number of anilines is 1. The van der Waals surface area contributed by atoms with Crippen molar-refractivity contribution in [2.45, 2.75) is 12.7 Å². The second-order valence-electron chi connectivity index (χ2n) is 5.85. The molecule has 0 unspecified atom stereocenters. The fourth-order valence-corrected chi connectivity index (χ4v) is 3.27. The van der Waals surface area contributed by atoms with Crippen molar-refractivity contribution >= 4 is 39.0 Å². The Balaban J connectivity index is 1.95. The van der Waals surface area contributed by atoms with E-state index in [1.54, 1.807) is 37.3 Å². The van der Waals surface area contributed by atoms with Crippen molar-refractivity contribution in [1.29, 1.82) is 0 Å². The van der Waals surface area contributed by atoms with Crippen LogP contribution in [0.15, 0.2) is 42.5 Å². The SMILES string of the molecule is Cc1cc(Cl)ccc1NC(=O)COC(=O)c1cccc(CS(C)(=O)=O)c1. The molecule has 0 saturated carbocycles. The lowest BCUT2D eigenvalue weighted by Gasteiger charge is -2.09. The van der Waals surface area contributed by atoms with E-state index in [4.69, 9.17) is 16.3 Å². The number of hydrogen-bond acceptors (Lipinski definition) is 5. The molecule has 0 heterocycles. The maximum Gasteiger partial charge on any atom is 0.338 e. The minimum absolute atomic E-state index is 0.176. The number of amides is 1. The van der Waals surface area contributed by atoms with Gasteiger partial charge >= 0.3 is 5.97 Å². The van der Waals surface area contributed by atoms with E-state index in [1.807, 2.05) is 0 Å². The monoisotopic (exact) mass is 395 g/mol. The number of ether oxygens (including phenoxy) is 1. The summed E-state index contributed by atoms with van der Waals surface area (Å²) in [6.07, 6.45) is 1.11. The highest BCUT2D eigenvalue weighted by molar-refractivity contribution is 7.89. The molecular formula is C18H18ClNO5S. The Kier molecular flexibility index (Phi) is 6.39. The summed E-state index contributed by atoms with van der Waals surface area (Å²) < 4.78 is 27.7. The molecule has 26 heavy (non-hydrogen) atoms. The van der Waals surface area contributed by atoms with Gasteiger partial charge in [-0.25, -0.2) is 13.2 Å². The summed E-state index contributed by atoms with van der Waals surface area (Å²) >= 11 is 5.86. The highest BCUT2D eigenvalue weighted by atomic mass is 35.5. The molecule has 1 amide bonds. The maximum atomic E-state index is 12.1. The van der Waals surface area contributed by atoms with Crippen LogP contribution in [0.1, 0.15) is 21.5 Å². The van der Waals surface area contributed by atoms with E-state index >= 15 is 0 Å². The lowest BCUT2D eigenvalue weighted by molar-refractivity contribution is -0.119. The Hall–Kier alpha value is -2.38. The normalized spacial score (nSPS) is 11.0. The van der Waals surface area contributed by atoms with Crippen LogP contribution in [0.5, 0.6) is 0 Å². The van der Waals surface area contributed by atoms with Crippen molar-refractivity contribution in [2.24, 2.45) is 0 Å². The van der Waals surface area contributed by atoms with Crippen LogP contribution in [0.3, 0.4) is 0 Å². The molecular weight excluding hydrogens is 378 g/mol. The number of nitrogens with one attached hydrogen (secondary N) is 1. The molecule has 2 rings (SSSR count). The molecule has 2 aromatic rings. The fraction of sp³-hybridized carbons (Fsp3) is 0.222. The molecule has 1 N–H and O–H groups in total. The molecule has 138 valence electrons. The van der Waals surface area contributed by atoms with E-state index in [2.05, 4.69) is 5.32 Å². The van der Waals surface area contributed by atoms with Gasteiger partial charge in [-0.05, 0) is 48.4 Å². The second kappa shape index (κ2) is 8.33. The van der Waals surface area contributed by atoms with Crippen LogP contribution < -0.4 is 5.32 Å². The highest BCUT2D eigenvalue weighted by Crippen LogP contribution is 2.19. The number of rotatable bonds is 6. The summed E-state index contributed by atoms with van der Waals surface area (Å²) in [7, 11) is -3.21. The van der Waals surface area contributed by atoms with Gasteiger partial charge in [0.05, 0.1) is 11.3 Å². The molecule has 0 aliphatic heterocycles. The van der Waals surface area contributed by atoms with Gasteiger partial charge in [-0.3, -0.25) is 4.79 Å². The third-order valence-corrected chi connectivity index (χ3v) is 4.48. The predicted octanol–water partition coefficient (Wildman–Crippen LogP) is 2.99. The highest BCUT2D eigenvalue weighted by Gasteiger charge is 2.13. The van der Waals surface area contributed by atoms with Crippen LogP contribution in [-0.4, -0.2) is 33.2 Å². The predicted molar refractivity (Wildman–Crippen MR) is 100 cm³/mol. The summed E-state index contributed by atoms with van der Waals surface area (Å²) in [6.45, 7) is 1.33. The molecule has 0 radical (unpaired) electrons. The molecule has 0 aliphatic rings. The zero-order chi connectivity index (χ0) is 19.3. The lowest BCUT2D eigenvalue weighted by atomic mass is 10.1.